The number of amides is 1. The molecule has 0 unspecified atom stereocenters. The minimum Gasteiger partial charge on any atom is -0.495 e. The number of carbonyl (C=O) groups excluding carboxylic acids is 1. The Hall–Kier alpha value is -2.99. The van der Waals surface area contributed by atoms with Crippen molar-refractivity contribution in [2.24, 2.45) is 0 Å². The minimum atomic E-state index is -0.413. The molecular formula is C24H24ClN3O3. The van der Waals surface area contributed by atoms with Gasteiger partial charge >= 0.3 is 0 Å². The highest BCUT2D eigenvalue weighted by atomic mass is 35.5. The summed E-state index contributed by atoms with van der Waals surface area (Å²) in [5.74, 6) is 0.0514. The Bertz CT molecular complexity index is 1280. The van der Waals surface area contributed by atoms with Gasteiger partial charge in [-0.1, -0.05) is 11.6 Å². The van der Waals surface area contributed by atoms with Gasteiger partial charge in [0.1, 0.15) is 16.9 Å². The molecule has 1 amide bonds. The van der Waals surface area contributed by atoms with Crippen molar-refractivity contribution in [3.05, 3.63) is 57.1 Å². The molecule has 3 aromatic rings. The van der Waals surface area contributed by atoms with E-state index in [0.717, 1.165) is 55.3 Å². The fraction of sp³-hybridized carbons (Fsp3) is 0.333. The lowest BCUT2D eigenvalue weighted by Crippen LogP contribution is -2.34. The molecule has 3 heterocycles. The maximum absolute atomic E-state index is 13.1. The average Bonchev–Trinajstić information content (AvgIpc) is 2.76. The van der Waals surface area contributed by atoms with E-state index in [1.54, 1.807) is 18.2 Å². The van der Waals surface area contributed by atoms with Crippen LogP contribution in [0.4, 0.5) is 11.4 Å². The zero-order valence-electron chi connectivity index (χ0n) is 17.6. The van der Waals surface area contributed by atoms with Gasteiger partial charge in [-0.25, -0.2) is 0 Å². The second-order valence-corrected chi connectivity index (χ2v) is 8.63. The number of aryl methyl sites for hydroxylation is 3. The fourth-order valence-electron chi connectivity index (χ4n) is 4.75. The fourth-order valence-corrected chi connectivity index (χ4v) is 4.90. The van der Waals surface area contributed by atoms with Gasteiger partial charge in [-0.2, -0.15) is 0 Å². The Labute approximate surface area is 185 Å². The number of carbonyl (C=O) groups is 1. The van der Waals surface area contributed by atoms with E-state index in [4.69, 9.17) is 26.2 Å². The van der Waals surface area contributed by atoms with Crippen LogP contribution >= 0.6 is 11.6 Å². The lowest BCUT2D eigenvalue weighted by molar-refractivity contribution is 0.102. The van der Waals surface area contributed by atoms with Gasteiger partial charge in [-0.05, 0) is 61.9 Å². The highest BCUT2D eigenvalue weighted by Crippen LogP contribution is 2.39. The maximum atomic E-state index is 13.1. The highest BCUT2D eigenvalue weighted by molar-refractivity contribution is 6.31. The monoisotopic (exact) mass is 437 g/mol. The summed E-state index contributed by atoms with van der Waals surface area (Å²) < 4.78 is 11.3. The van der Waals surface area contributed by atoms with Crippen molar-refractivity contribution in [2.75, 3.05) is 30.4 Å². The zero-order chi connectivity index (χ0) is 21.7. The van der Waals surface area contributed by atoms with Crippen molar-refractivity contribution >= 4 is 39.9 Å². The number of fused-ring (bicyclic) bond motifs is 2. The topological polar surface area (TPSA) is 78.6 Å². The van der Waals surface area contributed by atoms with Crippen LogP contribution in [0.5, 0.6) is 5.75 Å². The summed E-state index contributed by atoms with van der Waals surface area (Å²) in [4.78, 5) is 15.5. The van der Waals surface area contributed by atoms with E-state index in [-0.39, 0.29) is 11.1 Å². The van der Waals surface area contributed by atoms with Crippen LogP contribution in [0.25, 0.3) is 11.0 Å². The van der Waals surface area contributed by atoms with Gasteiger partial charge < -0.3 is 19.4 Å². The van der Waals surface area contributed by atoms with Crippen molar-refractivity contribution < 1.29 is 13.9 Å². The third-order valence-electron chi connectivity index (χ3n) is 6.22. The first-order chi connectivity index (χ1) is 15.0. The van der Waals surface area contributed by atoms with Crippen LogP contribution in [0.3, 0.4) is 0 Å². The predicted octanol–water partition coefficient (Wildman–Crippen LogP) is 4.83. The molecular weight excluding hydrogens is 414 g/mol. The van der Waals surface area contributed by atoms with Crippen LogP contribution in [0.1, 0.15) is 39.9 Å². The summed E-state index contributed by atoms with van der Waals surface area (Å²) in [5.41, 5.74) is 5.87. The lowest BCUT2D eigenvalue weighted by Gasteiger charge is -2.37. The summed E-state index contributed by atoms with van der Waals surface area (Å²) >= 11 is 6.17. The van der Waals surface area contributed by atoms with Crippen molar-refractivity contribution in [3.8, 4) is 5.75 Å². The number of methoxy groups -OCH3 is 1. The van der Waals surface area contributed by atoms with E-state index in [9.17, 15) is 4.79 Å². The first-order valence-corrected chi connectivity index (χ1v) is 10.9. The minimum absolute atomic E-state index is 0.140. The first kappa shape index (κ1) is 19.9. The molecule has 0 fully saturated rings. The van der Waals surface area contributed by atoms with Crippen LogP contribution in [0.2, 0.25) is 5.02 Å². The van der Waals surface area contributed by atoms with E-state index in [2.05, 4.69) is 16.3 Å². The molecule has 6 nitrogen and oxygen atoms in total. The Balaban J connectivity index is 1.58. The number of nitrogens with one attached hydrogen (secondary N) is 2. The molecule has 0 radical (unpaired) electrons. The number of anilines is 2. The maximum Gasteiger partial charge on any atom is 0.261 e. The molecule has 0 aliphatic carbocycles. The van der Waals surface area contributed by atoms with Gasteiger partial charge in [0.2, 0.25) is 5.55 Å². The van der Waals surface area contributed by atoms with Crippen LogP contribution in [0.15, 0.2) is 28.7 Å². The standard InChI is InChI=1S/C24H24ClN3O3/c1-13-9-19(20(30-2)12-18(13)25)27-24(29)17-11-15-10-14-5-3-7-28-8-4-6-16(21(14)28)22(15)31-23(17)26/h9-12,26H,3-8H2,1-2H3,(H,27,29). The third kappa shape index (κ3) is 3.35. The van der Waals surface area contributed by atoms with Gasteiger partial charge in [0.05, 0.1) is 12.8 Å². The van der Waals surface area contributed by atoms with E-state index < -0.39 is 5.91 Å². The molecule has 2 aliphatic heterocycles. The normalized spacial score (nSPS) is 15.0. The molecule has 2 aromatic carbocycles. The summed E-state index contributed by atoms with van der Waals surface area (Å²) in [7, 11) is 1.52. The van der Waals surface area contributed by atoms with Crippen molar-refractivity contribution in [1.29, 1.82) is 5.41 Å². The molecule has 0 atom stereocenters. The second-order valence-electron chi connectivity index (χ2n) is 8.22. The van der Waals surface area contributed by atoms with E-state index in [1.807, 2.05) is 6.92 Å². The van der Waals surface area contributed by atoms with E-state index in [0.29, 0.717) is 16.5 Å². The number of halogens is 1. The highest BCUT2D eigenvalue weighted by Gasteiger charge is 2.27. The second kappa shape index (κ2) is 7.61. The summed E-state index contributed by atoms with van der Waals surface area (Å²) in [6.07, 6.45) is 4.17. The van der Waals surface area contributed by atoms with Gasteiger partial charge in [-0.3, -0.25) is 10.2 Å². The molecule has 160 valence electrons. The van der Waals surface area contributed by atoms with Gasteiger partial charge in [0, 0.05) is 40.8 Å². The van der Waals surface area contributed by atoms with Crippen molar-refractivity contribution in [2.45, 2.75) is 32.6 Å². The van der Waals surface area contributed by atoms with Crippen molar-refractivity contribution in [1.82, 2.24) is 0 Å². The first-order valence-electron chi connectivity index (χ1n) is 10.5. The van der Waals surface area contributed by atoms with Crippen LogP contribution < -0.4 is 20.5 Å². The third-order valence-corrected chi connectivity index (χ3v) is 6.63. The zero-order valence-corrected chi connectivity index (χ0v) is 18.4. The molecule has 0 bridgehead atoms. The number of benzene rings is 2. The molecule has 7 heteroatoms. The molecule has 0 saturated heterocycles. The van der Waals surface area contributed by atoms with E-state index in [1.165, 1.54) is 23.9 Å². The number of ether oxygens (including phenoxy) is 1. The van der Waals surface area contributed by atoms with Crippen LogP contribution in [-0.4, -0.2) is 26.1 Å². The lowest BCUT2D eigenvalue weighted by atomic mass is 9.90. The average molecular weight is 438 g/mol. The molecule has 31 heavy (non-hydrogen) atoms. The molecule has 0 saturated carbocycles. The van der Waals surface area contributed by atoms with Gasteiger partial charge in [0.15, 0.2) is 0 Å². The molecule has 2 aliphatic rings. The van der Waals surface area contributed by atoms with E-state index >= 15 is 0 Å². The number of hydrogen-bond donors (Lipinski definition) is 2. The SMILES string of the molecule is COc1cc(Cl)c(C)cc1NC(=O)c1cc2cc3c4c(c2oc1=N)CCCN4CCC3. The Morgan fingerprint density at radius 1 is 1.19 bits per heavy atom. The molecule has 2 N–H and O–H groups in total. The van der Waals surface area contributed by atoms with Gasteiger partial charge in [0.25, 0.3) is 5.91 Å². The number of hydrogen-bond acceptors (Lipinski definition) is 5. The summed E-state index contributed by atoms with van der Waals surface area (Å²) in [6.45, 7) is 4.00. The smallest absolute Gasteiger partial charge is 0.261 e. The molecule has 0 spiro atoms. The van der Waals surface area contributed by atoms with Gasteiger partial charge in [-0.15, -0.1) is 0 Å². The van der Waals surface area contributed by atoms with Crippen LogP contribution in [0, 0.1) is 12.3 Å². The largest absolute Gasteiger partial charge is 0.495 e. The molecule has 5 rings (SSSR count). The van der Waals surface area contributed by atoms with Crippen LogP contribution in [-0.2, 0) is 12.8 Å². The predicted molar refractivity (Wildman–Crippen MR) is 122 cm³/mol. The van der Waals surface area contributed by atoms with Crippen molar-refractivity contribution in [3.63, 3.8) is 0 Å². The summed E-state index contributed by atoms with van der Waals surface area (Å²) in [6, 6.07) is 7.33. The Morgan fingerprint density at radius 2 is 1.97 bits per heavy atom. The Morgan fingerprint density at radius 3 is 2.74 bits per heavy atom. The number of rotatable bonds is 3. The Kier molecular flexibility index (Phi) is 4.89. The quantitative estimate of drug-likeness (QED) is 0.614. The molecule has 1 aromatic heterocycles. The summed E-state index contributed by atoms with van der Waals surface area (Å²) in [5, 5.41) is 12.7. The number of nitrogens with zero attached hydrogens (tertiary/aromatic N) is 1.